The Balaban J connectivity index is 0.00000400. The van der Waals surface area contributed by atoms with Crippen LogP contribution in [0.1, 0.15) is 29.7 Å². The van der Waals surface area contributed by atoms with Gasteiger partial charge in [-0.3, -0.25) is 0 Å². The van der Waals surface area contributed by atoms with Gasteiger partial charge in [0, 0.05) is 5.56 Å². The van der Waals surface area contributed by atoms with Crippen LogP contribution >= 0.6 is 12.4 Å². The van der Waals surface area contributed by atoms with Gasteiger partial charge in [-0.2, -0.15) is 26.3 Å². The average Bonchev–Trinajstić information content (AvgIpc) is 2.24. The van der Waals surface area contributed by atoms with Gasteiger partial charge in [-0.1, -0.05) is 0 Å². The Morgan fingerprint density at radius 1 is 1.05 bits per heavy atom. The summed E-state index contributed by atoms with van der Waals surface area (Å²) >= 11 is 0. The Kier molecular flexibility index (Phi) is 6.05. The summed E-state index contributed by atoms with van der Waals surface area (Å²) in [6, 6.07) is -2.10. The van der Waals surface area contributed by atoms with Crippen molar-refractivity contribution >= 4 is 12.4 Å². The van der Waals surface area contributed by atoms with E-state index in [2.05, 4.69) is 0 Å². The Morgan fingerprint density at radius 2 is 1.52 bits per heavy atom. The lowest BCUT2D eigenvalue weighted by molar-refractivity contribution is -0.144. The molecule has 122 valence electrons. The second-order valence-electron chi connectivity index (χ2n) is 4.18. The molecule has 0 radical (unpaired) electrons. The van der Waals surface area contributed by atoms with Crippen LogP contribution in [0, 0.1) is 5.82 Å². The molecule has 0 unspecified atom stereocenters. The van der Waals surface area contributed by atoms with Gasteiger partial charge in [0.15, 0.2) is 0 Å². The van der Waals surface area contributed by atoms with Crippen LogP contribution in [0.3, 0.4) is 0 Å². The van der Waals surface area contributed by atoms with Gasteiger partial charge in [0.2, 0.25) is 0 Å². The monoisotopic (exact) mass is 341 g/mol. The van der Waals surface area contributed by atoms with Crippen LogP contribution in [0.25, 0.3) is 0 Å². The largest absolute Gasteiger partial charge is 0.416 e. The molecule has 1 aromatic carbocycles. The first-order valence-corrected chi connectivity index (χ1v) is 5.27. The third kappa shape index (κ3) is 4.45. The van der Waals surface area contributed by atoms with E-state index in [0.717, 1.165) is 6.92 Å². The molecule has 0 amide bonds. The van der Waals surface area contributed by atoms with E-state index >= 15 is 0 Å². The standard InChI is InChI=1S/C11H10F7NO.ClH/c1-4(20)9(19)8-6(11(16,17)18)2-5(3-7(8)12)10(13,14)15;/h2-4,9,20H,19H2,1H3;1H/t4-,9-;/m0./s1. The summed E-state index contributed by atoms with van der Waals surface area (Å²) < 4.78 is 89.1. The molecule has 0 aliphatic carbocycles. The zero-order valence-electron chi connectivity index (χ0n) is 10.4. The van der Waals surface area contributed by atoms with Crippen LogP contribution in [0.5, 0.6) is 0 Å². The van der Waals surface area contributed by atoms with Gasteiger partial charge in [-0.05, 0) is 19.1 Å². The lowest BCUT2D eigenvalue weighted by Crippen LogP contribution is -2.28. The van der Waals surface area contributed by atoms with E-state index in [-0.39, 0.29) is 24.5 Å². The quantitative estimate of drug-likeness (QED) is 0.806. The van der Waals surface area contributed by atoms with Crippen molar-refractivity contribution < 1.29 is 35.8 Å². The maximum atomic E-state index is 13.6. The van der Waals surface area contributed by atoms with Crippen molar-refractivity contribution in [3.8, 4) is 0 Å². The van der Waals surface area contributed by atoms with Crippen molar-refractivity contribution in [3.05, 3.63) is 34.6 Å². The highest BCUT2D eigenvalue weighted by atomic mass is 35.5. The number of halogens is 8. The Labute approximate surface area is 121 Å². The number of aliphatic hydroxyl groups is 1. The first kappa shape index (κ1) is 19.9. The number of rotatable bonds is 2. The molecule has 2 atom stereocenters. The molecule has 0 saturated carbocycles. The van der Waals surface area contributed by atoms with Crippen molar-refractivity contribution in [2.24, 2.45) is 5.73 Å². The topological polar surface area (TPSA) is 46.2 Å². The summed E-state index contributed by atoms with van der Waals surface area (Å²) in [5.41, 5.74) is 0.407. The highest BCUT2D eigenvalue weighted by Gasteiger charge is 2.41. The van der Waals surface area contributed by atoms with E-state index < -0.39 is 47.0 Å². The molecular weight excluding hydrogens is 331 g/mol. The van der Waals surface area contributed by atoms with E-state index in [0.29, 0.717) is 0 Å². The molecule has 0 aliphatic heterocycles. The summed E-state index contributed by atoms with van der Waals surface area (Å²) in [6.45, 7) is 1.00. The minimum absolute atomic E-state index is 0. The van der Waals surface area contributed by atoms with Gasteiger partial charge in [-0.25, -0.2) is 4.39 Å². The van der Waals surface area contributed by atoms with Gasteiger partial charge in [0.05, 0.1) is 23.3 Å². The van der Waals surface area contributed by atoms with Crippen LogP contribution in [0.2, 0.25) is 0 Å². The summed E-state index contributed by atoms with van der Waals surface area (Å²) in [6.07, 6.45) is -11.9. The number of hydrogen-bond acceptors (Lipinski definition) is 2. The van der Waals surface area contributed by atoms with Crippen molar-refractivity contribution in [3.63, 3.8) is 0 Å². The van der Waals surface area contributed by atoms with E-state index in [9.17, 15) is 30.7 Å². The van der Waals surface area contributed by atoms with Crippen LogP contribution < -0.4 is 5.73 Å². The number of nitrogens with two attached hydrogens (primary N) is 1. The second kappa shape index (κ2) is 6.37. The zero-order chi connectivity index (χ0) is 15.9. The summed E-state index contributed by atoms with van der Waals surface area (Å²) in [5.74, 6) is -1.76. The molecule has 3 N–H and O–H groups in total. The van der Waals surface area contributed by atoms with Gasteiger partial charge in [-0.15, -0.1) is 12.4 Å². The number of benzene rings is 1. The molecule has 0 heterocycles. The Hall–Kier alpha value is -1.06. The second-order valence-corrected chi connectivity index (χ2v) is 4.18. The third-order valence-corrected chi connectivity index (χ3v) is 2.62. The van der Waals surface area contributed by atoms with Crippen LogP contribution in [-0.2, 0) is 12.4 Å². The van der Waals surface area contributed by atoms with Crippen molar-refractivity contribution in [2.75, 3.05) is 0 Å². The molecule has 1 aromatic rings. The van der Waals surface area contributed by atoms with Crippen LogP contribution in [0.4, 0.5) is 30.7 Å². The minimum Gasteiger partial charge on any atom is -0.391 e. The average molecular weight is 342 g/mol. The predicted octanol–water partition coefficient (Wildman–Crippen LogP) is 3.67. The third-order valence-electron chi connectivity index (χ3n) is 2.62. The SMILES string of the molecule is C[C@H](O)[C@H](N)c1c(F)cc(C(F)(F)F)cc1C(F)(F)F.Cl. The Morgan fingerprint density at radius 3 is 1.86 bits per heavy atom. The van der Waals surface area contributed by atoms with Gasteiger partial charge < -0.3 is 10.8 Å². The Bertz CT molecular complexity index is 499. The van der Waals surface area contributed by atoms with E-state index in [1.165, 1.54) is 0 Å². The van der Waals surface area contributed by atoms with Crippen LogP contribution in [0.15, 0.2) is 12.1 Å². The van der Waals surface area contributed by atoms with Gasteiger partial charge >= 0.3 is 12.4 Å². The minimum atomic E-state index is -5.23. The molecule has 1 rings (SSSR count). The summed E-state index contributed by atoms with van der Waals surface area (Å²) in [7, 11) is 0. The maximum absolute atomic E-state index is 13.6. The highest BCUT2D eigenvalue weighted by Crippen LogP contribution is 2.40. The molecule has 0 aromatic heterocycles. The fourth-order valence-corrected chi connectivity index (χ4v) is 1.60. The zero-order valence-corrected chi connectivity index (χ0v) is 11.2. The normalized spacial score (nSPS) is 15.3. The van der Waals surface area contributed by atoms with Crippen molar-refractivity contribution in [1.29, 1.82) is 0 Å². The van der Waals surface area contributed by atoms with Gasteiger partial charge in [0.1, 0.15) is 5.82 Å². The number of hydrogen-bond donors (Lipinski definition) is 2. The molecule has 10 heteroatoms. The summed E-state index contributed by atoms with van der Waals surface area (Å²) in [4.78, 5) is 0. The van der Waals surface area contributed by atoms with Crippen LogP contribution in [-0.4, -0.2) is 11.2 Å². The molecule has 21 heavy (non-hydrogen) atoms. The predicted molar refractivity (Wildman–Crippen MR) is 62.3 cm³/mol. The van der Waals surface area contributed by atoms with E-state index in [1.54, 1.807) is 0 Å². The molecule has 0 fully saturated rings. The lowest BCUT2D eigenvalue weighted by Gasteiger charge is -2.22. The smallest absolute Gasteiger partial charge is 0.391 e. The van der Waals surface area contributed by atoms with E-state index in [1.807, 2.05) is 0 Å². The summed E-state index contributed by atoms with van der Waals surface area (Å²) in [5, 5.41) is 9.14. The molecule has 0 bridgehead atoms. The maximum Gasteiger partial charge on any atom is 0.416 e. The van der Waals surface area contributed by atoms with Gasteiger partial charge in [0.25, 0.3) is 0 Å². The number of aliphatic hydroxyl groups excluding tert-OH is 1. The number of alkyl halides is 6. The molecule has 0 spiro atoms. The fourth-order valence-electron chi connectivity index (χ4n) is 1.60. The van der Waals surface area contributed by atoms with Crippen molar-refractivity contribution in [2.45, 2.75) is 31.4 Å². The fraction of sp³-hybridized carbons (Fsp3) is 0.455. The van der Waals surface area contributed by atoms with E-state index in [4.69, 9.17) is 10.8 Å². The first-order chi connectivity index (χ1) is 8.85. The molecule has 0 saturated heterocycles. The molecule has 2 nitrogen and oxygen atoms in total. The van der Waals surface area contributed by atoms with Crippen molar-refractivity contribution in [1.82, 2.24) is 0 Å². The first-order valence-electron chi connectivity index (χ1n) is 5.27. The molecule has 0 aliphatic rings. The highest BCUT2D eigenvalue weighted by molar-refractivity contribution is 5.85. The molecular formula is C11H11ClF7NO. The lowest BCUT2D eigenvalue weighted by atomic mass is 9.94.